The number of amides is 3. The molecular weight excluding hydrogens is 199 g/mol. The Balaban J connectivity index is 2.51. The molecule has 78 valence electrons. The van der Waals surface area contributed by atoms with E-state index in [1.54, 1.807) is 6.07 Å². The van der Waals surface area contributed by atoms with Crippen LogP contribution in [0.2, 0.25) is 0 Å². The Bertz CT molecular complexity index is 447. The average molecular weight is 208 g/mol. The van der Waals surface area contributed by atoms with E-state index in [0.29, 0.717) is 0 Å². The largest absolute Gasteiger partial charge is 0.322 e. The summed E-state index contributed by atoms with van der Waals surface area (Å²) < 4.78 is 13.5. The summed E-state index contributed by atoms with van der Waals surface area (Å²) in [5.41, 5.74) is -1.16. The van der Waals surface area contributed by atoms with E-state index in [1.165, 1.54) is 25.1 Å². The predicted molar refractivity (Wildman–Crippen MR) is 50.4 cm³/mol. The highest BCUT2D eigenvalue weighted by atomic mass is 19.1. The lowest BCUT2D eigenvalue weighted by molar-refractivity contribution is -0.123. The molecule has 1 aromatic carbocycles. The second kappa shape index (κ2) is 3.05. The van der Waals surface area contributed by atoms with Gasteiger partial charge in [-0.1, -0.05) is 18.2 Å². The zero-order valence-corrected chi connectivity index (χ0v) is 8.00. The van der Waals surface area contributed by atoms with Crippen molar-refractivity contribution in [1.82, 2.24) is 10.6 Å². The molecule has 1 heterocycles. The summed E-state index contributed by atoms with van der Waals surface area (Å²) in [4.78, 5) is 22.5. The molecule has 4 nitrogen and oxygen atoms in total. The van der Waals surface area contributed by atoms with Crippen molar-refractivity contribution in [2.75, 3.05) is 0 Å². The molecule has 1 aliphatic heterocycles. The molecule has 0 aliphatic carbocycles. The van der Waals surface area contributed by atoms with Crippen molar-refractivity contribution in [2.45, 2.75) is 12.5 Å². The highest BCUT2D eigenvalue weighted by Gasteiger charge is 2.44. The van der Waals surface area contributed by atoms with Crippen LogP contribution in [0, 0.1) is 5.82 Å². The fourth-order valence-electron chi connectivity index (χ4n) is 1.60. The first-order valence-corrected chi connectivity index (χ1v) is 4.42. The Hall–Kier alpha value is -1.91. The van der Waals surface area contributed by atoms with Crippen LogP contribution in [0.4, 0.5) is 9.18 Å². The molecule has 0 saturated carbocycles. The number of halogens is 1. The summed E-state index contributed by atoms with van der Waals surface area (Å²) in [6.07, 6.45) is 0. The molecule has 1 atom stereocenters. The van der Waals surface area contributed by atoms with Crippen LogP contribution in [-0.4, -0.2) is 11.9 Å². The Morgan fingerprint density at radius 2 is 1.93 bits per heavy atom. The summed E-state index contributed by atoms with van der Waals surface area (Å²) in [7, 11) is 0. The van der Waals surface area contributed by atoms with Gasteiger partial charge in [-0.2, -0.15) is 0 Å². The van der Waals surface area contributed by atoms with Gasteiger partial charge in [-0.3, -0.25) is 10.1 Å². The number of hydrogen-bond acceptors (Lipinski definition) is 2. The Labute approximate surface area is 85.5 Å². The summed E-state index contributed by atoms with van der Waals surface area (Å²) in [5.74, 6) is -1.06. The van der Waals surface area contributed by atoms with Gasteiger partial charge in [0.1, 0.15) is 11.4 Å². The molecular formula is C10H9FN2O2. The van der Waals surface area contributed by atoms with Crippen LogP contribution in [0.15, 0.2) is 24.3 Å². The third-order valence-electron chi connectivity index (χ3n) is 2.46. The molecule has 1 aromatic rings. The molecule has 0 unspecified atom stereocenters. The van der Waals surface area contributed by atoms with Crippen molar-refractivity contribution >= 4 is 11.9 Å². The van der Waals surface area contributed by atoms with Crippen molar-refractivity contribution in [3.63, 3.8) is 0 Å². The molecule has 5 heteroatoms. The fourth-order valence-corrected chi connectivity index (χ4v) is 1.60. The van der Waals surface area contributed by atoms with Gasteiger partial charge in [0, 0.05) is 5.56 Å². The zero-order valence-electron chi connectivity index (χ0n) is 8.00. The smallest absolute Gasteiger partial charge is 0.319 e. The highest BCUT2D eigenvalue weighted by Crippen LogP contribution is 2.26. The normalized spacial score (nSPS) is 24.9. The highest BCUT2D eigenvalue weighted by molar-refractivity contribution is 6.07. The van der Waals surface area contributed by atoms with E-state index in [-0.39, 0.29) is 5.56 Å². The molecule has 2 rings (SSSR count). The SMILES string of the molecule is C[C@@]1(c2ccccc2F)NC(=O)NC1=O. The van der Waals surface area contributed by atoms with Crippen molar-refractivity contribution in [3.8, 4) is 0 Å². The summed E-state index contributed by atoms with van der Waals surface area (Å²) in [5, 5.41) is 4.47. The van der Waals surface area contributed by atoms with Crippen LogP contribution in [0.1, 0.15) is 12.5 Å². The maximum atomic E-state index is 13.5. The predicted octanol–water partition coefficient (Wildman–Crippen LogP) is 0.880. The first-order valence-electron chi connectivity index (χ1n) is 4.42. The van der Waals surface area contributed by atoms with Gasteiger partial charge in [-0.05, 0) is 13.0 Å². The van der Waals surface area contributed by atoms with Crippen LogP contribution in [0.3, 0.4) is 0 Å². The molecule has 15 heavy (non-hydrogen) atoms. The topological polar surface area (TPSA) is 58.2 Å². The van der Waals surface area contributed by atoms with Gasteiger partial charge in [-0.25, -0.2) is 9.18 Å². The minimum atomic E-state index is -1.32. The van der Waals surface area contributed by atoms with Crippen molar-refractivity contribution in [1.29, 1.82) is 0 Å². The average Bonchev–Trinajstić information content (AvgIpc) is 2.42. The number of hydrogen-bond donors (Lipinski definition) is 2. The molecule has 0 bridgehead atoms. The number of nitrogens with one attached hydrogen (secondary N) is 2. The van der Waals surface area contributed by atoms with Crippen molar-refractivity contribution in [3.05, 3.63) is 35.6 Å². The lowest BCUT2D eigenvalue weighted by Gasteiger charge is -2.21. The maximum Gasteiger partial charge on any atom is 0.322 e. The van der Waals surface area contributed by atoms with Gasteiger partial charge >= 0.3 is 6.03 Å². The summed E-state index contributed by atoms with van der Waals surface area (Å²) >= 11 is 0. The van der Waals surface area contributed by atoms with Crippen molar-refractivity contribution in [2.24, 2.45) is 0 Å². The molecule has 1 saturated heterocycles. The van der Waals surface area contributed by atoms with Gasteiger partial charge in [0.15, 0.2) is 0 Å². The molecule has 2 N–H and O–H groups in total. The number of imide groups is 1. The first kappa shape index (κ1) is 9.64. The zero-order chi connectivity index (χ0) is 11.1. The number of benzene rings is 1. The number of rotatable bonds is 1. The van der Waals surface area contributed by atoms with Gasteiger partial charge < -0.3 is 5.32 Å². The van der Waals surface area contributed by atoms with E-state index in [4.69, 9.17) is 0 Å². The lowest BCUT2D eigenvalue weighted by Crippen LogP contribution is -2.41. The molecule has 0 radical (unpaired) electrons. The summed E-state index contributed by atoms with van der Waals surface area (Å²) in [6, 6.07) is 5.25. The number of carbonyl (C=O) groups excluding carboxylic acids is 2. The van der Waals surface area contributed by atoms with Gasteiger partial charge in [0.2, 0.25) is 0 Å². The van der Waals surface area contributed by atoms with Crippen LogP contribution in [0.25, 0.3) is 0 Å². The molecule has 3 amide bonds. The Morgan fingerprint density at radius 3 is 2.47 bits per heavy atom. The van der Waals surface area contributed by atoms with Crippen LogP contribution < -0.4 is 10.6 Å². The second-order valence-electron chi connectivity index (χ2n) is 3.51. The molecule has 1 aliphatic rings. The van der Waals surface area contributed by atoms with E-state index in [9.17, 15) is 14.0 Å². The number of carbonyl (C=O) groups is 2. The van der Waals surface area contributed by atoms with E-state index >= 15 is 0 Å². The third-order valence-corrected chi connectivity index (χ3v) is 2.46. The van der Waals surface area contributed by atoms with Gasteiger partial charge in [-0.15, -0.1) is 0 Å². The van der Waals surface area contributed by atoms with E-state index in [1.807, 2.05) is 0 Å². The molecule has 1 fully saturated rings. The van der Waals surface area contributed by atoms with E-state index in [2.05, 4.69) is 10.6 Å². The Morgan fingerprint density at radius 1 is 1.27 bits per heavy atom. The fraction of sp³-hybridized carbons (Fsp3) is 0.200. The van der Waals surface area contributed by atoms with Crippen LogP contribution in [0.5, 0.6) is 0 Å². The molecule has 0 spiro atoms. The second-order valence-corrected chi connectivity index (χ2v) is 3.51. The quantitative estimate of drug-likeness (QED) is 0.673. The van der Waals surface area contributed by atoms with Crippen LogP contribution in [-0.2, 0) is 10.3 Å². The lowest BCUT2D eigenvalue weighted by atomic mass is 9.92. The van der Waals surface area contributed by atoms with E-state index in [0.717, 1.165) is 0 Å². The van der Waals surface area contributed by atoms with Gasteiger partial charge in [0.25, 0.3) is 5.91 Å². The van der Waals surface area contributed by atoms with Crippen molar-refractivity contribution < 1.29 is 14.0 Å². The molecule has 0 aromatic heterocycles. The standard InChI is InChI=1S/C10H9FN2O2/c1-10(8(14)12-9(15)13-10)6-4-2-3-5-7(6)11/h2-5H,1H3,(H2,12,13,14,15)/t10-/m0/s1. The minimum Gasteiger partial charge on any atom is -0.319 e. The maximum absolute atomic E-state index is 13.5. The Kier molecular flexibility index (Phi) is 1.96. The van der Waals surface area contributed by atoms with Gasteiger partial charge in [0.05, 0.1) is 0 Å². The minimum absolute atomic E-state index is 0.161. The third kappa shape index (κ3) is 1.36. The first-order chi connectivity index (χ1) is 7.04. The summed E-state index contributed by atoms with van der Waals surface area (Å²) in [6.45, 7) is 1.46. The van der Waals surface area contributed by atoms with Crippen LogP contribution >= 0.6 is 0 Å². The number of urea groups is 1. The van der Waals surface area contributed by atoms with E-state index < -0.39 is 23.3 Å². The monoisotopic (exact) mass is 208 g/mol.